The minimum atomic E-state index is -3.09. The summed E-state index contributed by atoms with van der Waals surface area (Å²) in [6, 6.07) is 0. The molecule has 0 amide bonds. The SMILES string of the molecule is CC1(C)CCCCC1C(O)CC1CCCN(S(C)(=O)=O)C1. The molecule has 2 rings (SSSR count). The summed E-state index contributed by atoms with van der Waals surface area (Å²) in [5, 5.41) is 10.7. The maximum atomic E-state index is 11.7. The largest absolute Gasteiger partial charge is 0.393 e. The lowest BCUT2D eigenvalue weighted by Crippen LogP contribution is -2.42. The summed E-state index contributed by atoms with van der Waals surface area (Å²) in [6.07, 6.45) is 8.48. The number of hydrogen-bond acceptors (Lipinski definition) is 3. The lowest BCUT2D eigenvalue weighted by atomic mass is 9.65. The van der Waals surface area contributed by atoms with Gasteiger partial charge in [0.2, 0.25) is 10.0 Å². The van der Waals surface area contributed by atoms with Crippen molar-refractivity contribution < 1.29 is 13.5 Å². The lowest BCUT2D eigenvalue weighted by molar-refractivity contribution is -0.0119. The minimum absolute atomic E-state index is 0.211. The molecule has 3 atom stereocenters. The number of aliphatic hydroxyl groups is 1. The van der Waals surface area contributed by atoms with Gasteiger partial charge in [-0.05, 0) is 49.4 Å². The van der Waals surface area contributed by atoms with Crippen molar-refractivity contribution in [2.24, 2.45) is 17.3 Å². The molecule has 0 aromatic heterocycles. The molecule has 1 N–H and O–H groups in total. The van der Waals surface area contributed by atoms with E-state index < -0.39 is 10.0 Å². The molecule has 0 spiro atoms. The fourth-order valence-electron chi connectivity index (χ4n) is 4.26. The van der Waals surface area contributed by atoms with E-state index in [0.29, 0.717) is 24.9 Å². The number of nitrogens with zero attached hydrogens (tertiary/aromatic N) is 1. The Morgan fingerprint density at radius 2 is 1.95 bits per heavy atom. The fraction of sp³-hybridized carbons (Fsp3) is 1.00. The Kier molecular flexibility index (Phi) is 5.37. The molecule has 0 aromatic rings. The van der Waals surface area contributed by atoms with Crippen molar-refractivity contribution in [1.29, 1.82) is 0 Å². The molecule has 2 fully saturated rings. The van der Waals surface area contributed by atoms with Crippen molar-refractivity contribution in [3.8, 4) is 0 Å². The van der Waals surface area contributed by atoms with E-state index in [-0.39, 0.29) is 11.5 Å². The summed E-state index contributed by atoms with van der Waals surface area (Å²) in [5.74, 6) is 0.668. The third-order valence-corrected chi connectivity index (χ3v) is 6.85. The third-order valence-electron chi connectivity index (χ3n) is 5.58. The normalized spacial score (nSPS) is 32.8. The second-order valence-corrected chi connectivity index (χ2v) is 9.76. The molecule has 0 aromatic carbocycles. The van der Waals surface area contributed by atoms with Gasteiger partial charge in [-0.25, -0.2) is 12.7 Å². The van der Waals surface area contributed by atoms with Crippen molar-refractivity contribution in [2.75, 3.05) is 19.3 Å². The zero-order valence-electron chi connectivity index (χ0n) is 13.7. The van der Waals surface area contributed by atoms with Crippen LogP contribution in [0, 0.1) is 17.3 Å². The summed E-state index contributed by atoms with van der Waals surface area (Å²) in [6.45, 7) is 5.76. The van der Waals surface area contributed by atoms with Gasteiger partial charge in [0.15, 0.2) is 0 Å². The van der Waals surface area contributed by atoms with Crippen LogP contribution in [0.1, 0.15) is 58.8 Å². The predicted molar refractivity (Wildman–Crippen MR) is 85.5 cm³/mol. The summed E-state index contributed by atoms with van der Waals surface area (Å²) >= 11 is 0. The first-order chi connectivity index (χ1) is 9.70. The van der Waals surface area contributed by atoms with Crippen LogP contribution in [0.5, 0.6) is 0 Å². The van der Waals surface area contributed by atoms with Crippen LogP contribution in [0.15, 0.2) is 0 Å². The van der Waals surface area contributed by atoms with Crippen LogP contribution in [-0.4, -0.2) is 43.3 Å². The molecular formula is C16H31NO3S. The molecule has 0 bridgehead atoms. The monoisotopic (exact) mass is 317 g/mol. The van der Waals surface area contributed by atoms with Gasteiger partial charge in [-0.3, -0.25) is 0 Å². The van der Waals surface area contributed by atoms with Crippen molar-refractivity contribution >= 4 is 10.0 Å². The molecule has 4 nitrogen and oxygen atoms in total. The van der Waals surface area contributed by atoms with Crippen molar-refractivity contribution in [1.82, 2.24) is 4.31 Å². The van der Waals surface area contributed by atoms with Crippen LogP contribution < -0.4 is 0 Å². The van der Waals surface area contributed by atoms with Crippen molar-refractivity contribution in [3.05, 3.63) is 0 Å². The standard InChI is InChI=1S/C16H31NO3S/c1-16(2)9-5-4-8-14(16)15(18)11-13-7-6-10-17(12-13)21(3,19)20/h13-15,18H,4-12H2,1-3H3. The van der Waals surface area contributed by atoms with Crippen LogP contribution in [0.25, 0.3) is 0 Å². The van der Waals surface area contributed by atoms with Crippen molar-refractivity contribution in [3.63, 3.8) is 0 Å². The highest BCUT2D eigenvalue weighted by atomic mass is 32.2. The number of rotatable bonds is 4. The summed E-state index contributed by atoms with van der Waals surface area (Å²) in [4.78, 5) is 0. The van der Waals surface area contributed by atoms with Gasteiger partial charge >= 0.3 is 0 Å². The van der Waals surface area contributed by atoms with Gasteiger partial charge < -0.3 is 5.11 Å². The summed E-state index contributed by atoms with van der Waals surface area (Å²) in [7, 11) is -3.09. The second-order valence-electron chi connectivity index (χ2n) is 7.77. The van der Waals surface area contributed by atoms with Crippen LogP contribution in [0.2, 0.25) is 0 Å². The summed E-state index contributed by atoms with van der Waals surface area (Å²) < 4.78 is 25.0. The topological polar surface area (TPSA) is 57.6 Å². The first-order valence-corrected chi connectivity index (χ1v) is 10.2. The molecule has 5 heteroatoms. The number of aliphatic hydroxyl groups excluding tert-OH is 1. The highest BCUT2D eigenvalue weighted by molar-refractivity contribution is 7.88. The number of piperidine rings is 1. The molecule has 1 heterocycles. The fourth-order valence-corrected chi connectivity index (χ4v) is 5.20. The Balaban J connectivity index is 1.94. The molecule has 124 valence electrons. The Morgan fingerprint density at radius 1 is 1.24 bits per heavy atom. The van der Waals surface area contributed by atoms with E-state index in [1.807, 2.05) is 0 Å². The van der Waals surface area contributed by atoms with Crippen LogP contribution >= 0.6 is 0 Å². The third kappa shape index (κ3) is 4.42. The number of sulfonamides is 1. The Morgan fingerprint density at radius 3 is 2.57 bits per heavy atom. The Hall–Kier alpha value is -0.130. The zero-order chi connectivity index (χ0) is 15.7. The Bertz CT molecular complexity index is 446. The van der Waals surface area contributed by atoms with Gasteiger partial charge in [0, 0.05) is 13.1 Å². The molecule has 2 aliphatic rings. The second kappa shape index (κ2) is 6.55. The molecule has 1 aliphatic heterocycles. The molecule has 21 heavy (non-hydrogen) atoms. The molecular weight excluding hydrogens is 286 g/mol. The predicted octanol–water partition coefficient (Wildman–Crippen LogP) is 2.63. The van der Waals surface area contributed by atoms with E-state index in [0.717, 1.165) is 25.7 Å². The van der Waals surface area contributed by atoms with Crippen LogP contribution in [-0.2, 0) is 10.0 Å². The van der Waals surface area contributed by atoms with Crippen LogP contribution in [0.4, 0.5) is 0 Å². The van der Waals surface area contributed by atoms with Crippen molar-refractivity contribution in [2.45, 2.75) is 64.9 Å². The van der Waals surface area contributed by atoms with E-state index in [4.69, 9.17) is 0 Å². The molecule has 1 saturated heterocycles. The van der Waals surface area contributed by atoms with Gasteiger partial charge in [0.05, 0.1) is 12.4 Å². The first kappa shape index (κ1) is 17.2. The van der Waals surface area contributed by atoms with E-state index in [1.54, 1.807) is 4.31 Å². The Labute approximate surface area is 130 Å². The summed E-state index contributed by atoms with van der Waals surface area (Å²) in [5.41, 5.74) is 0.211. The average molecular weight is 317 g/mol. The van der Waals surface area contributed by atoms with E-state index >= 15 is 0 Å². The molecule has 1 aliphatic carbocycles. The van der Waals surface area contributed by atoms with Gasteiger partial charge in [0.25, 0.3) is 0 Å². The highest BCUT2D eigenvalue weighted by Gasteiger charge is 2.38. The molecule has 3 unspecified atom stereocenters. The average Bonchev–Trinajstić information content (AvgIpc) is 2.37. The minimum Gasteiger partial charge on any atom is -0.393 e. The zero-order valence-corrected chi connectivity index (χ0v) is 14.5. The maximum absolute atomic E-state index is 11.7. The lowest BCUT2D eigenvalue weighted by Gasteiger charge is -2.43. The van der Waals surface area contributed by atoms with Gasteiger partial charge in [-0.2, -0.15) is 0 Å². The van der Waals surface area contributed by atoms with Gasteiger partial charge in [-0.15, -0.1) is 0 Å². The molecule has 0 radical (unpaired) electrons. The molecule has 1 saturated carbocycles. The van der Waals surface area contributed by atoms with E-state index in [1.165, 1.54) is 25.5 Å². The number of hydrogen-bond donors (Lipinski definition) is 1. The first-order valence-electron chi connectivity index (χ1n) is 8.33. The van der Waals surface area contributed by atoms with E-state index in [2.05, 4.69) is 13.8 Å². The highest BCUT2D eigenvalue weighted by Crippen LogP contribution is 2.43. The van der Waals surface area contributed by atoms with E-state index in [9.17, 15) is 13.5 Å². The van der Waals surface area contributed by atoms with Gasteiger partial charge in [0.1, 0.15) is 0 Å². The quantitative estimate of drug-likeness (QED) is 0.867. The smallest absolute Gasteiger partial charge is 0.211 e. The van der Waals surface area contributed by atoms with Crippen LogP contribution in [0.3, 0.4) is 0 Å². The van der Waals surface area contributed by atoms with Gasteiger partial charge in [-0.1, -0.05) is 26.7 Å². The maximum Gasteiger partial charge on any atom is 0.211 e.